The molecule has 152 valence electrons. The molecule has 29 heavy (non-hydrogen) atoms. The van der Waals surface area contributed by atoms with Crippen LogP contribution in [0.15, 0.2) is 42.5 Å². The predicted octanol–water partition coefficient (Wildman–Crippen LogP) is 3.60. The van der Waals surface area contributed by atoms with Gasteiger partial charge in [-0.1, -0.05) is 23.7 Å². The SMILES string of the molecule is COc1ccc(CN(C(=O)COC(=O)c2cc([N+](=O)[O-])ccc2Cl)C2CC2)cc1. The molecule has 0 heterocycles. The summed E-state index contributed by atoms with van der Waals surface area (Å²) in [5, 5.41) is 10.9. The molecule has 0 spiro atoms. The summed E-state index contributed by atoms with van der Waals surface area (Å²) in [6.45, 7) is -0.0763. The number of hydrogen-bond acceptors (Lipinski definition) is 6. The highest BCUT2D eigenvalue weighted by molar-refractivity contribution is 6.33. The Morgan fingerprint density at radius 2 is 1.90 bits per heavy atom. The average Bonchev–Trinajstić information content (AvgIpc) is 3.55. The van der Waals surface area contributed by atoms with E-state index in [0.29, 0.717) is 6.54 Å². The maximum atomic E-state index is 12.6. The molecule has 0 bridgehead atoms. The minimum atomic E-state index is -0.882. The van der Waals surface area contributed by atoms with Crippen LogP contribution in [0.25, 0.3) is 0 Å². The minimum absolute atomic E-state index is 0.0188. The van der Waals surface area contributed by atoms with Crippen LogP contribution in [0.5, 0.6) is 5.75 Å². The van der Waals surface area contributed by atoms with Gasteiger partial charge in [0.2, 0.25) is 0 Å². The molecule has 0 N–H and O–H groups in total. The Balaban J connectivity index is 1.64. The highest BCUT2D eigenvalue weighted by Gasteiger charge is 2.33. The van der Waals surface area contributed by atoms with Crippen molar-refractivity contribution in [1.82, 2.24) is 4.90 Å². The van der Waals surface area contributed by atoms with Crippen LogP contribution < -0.4 is 4.74 Å². The molecule has 1 saturated carbocycles. The van der Waals surface area contributed by atoms with E-state index in [9.17, 15) is 19.7 Å². The van der Waals surface area contributed by atoms with E-state index in [0.717, 1.165) is 30.2 Å². The number of nitro groups is 1. The molecule has 0 saturated heterocycles. The molecular formula is C20H19ClN2O6. The molecule has 3 rings (SSSR count). The molecule has 0 aromatic heterocycles. The number of esters is 1. The number of ether oxygens (including phenoxy) is 2. The topological polar surface area (TPSA) is 99.0 Å². The Labute approximate surface area is 172 Å². The summed E-state index contributed by atoms with van der Waals surface area (Å²) in [4.78, 5) is 36.8. The third-order valence-corrected chi connectivity index (χ3v) is 4.86. The molecule has 0 aliphatic heterocycles. The van der Waals surface area contributed by atoms with Gasteiger partial charge in [0.25, 0.3) is 11.6 Å². The zero-order valence-electron chi connectivity index (χ0n) is 15.7. The van der Waals surface area contributed by atoms with Crippen molar-refractivity contribution >= 4 is 29.2 Å². The Morgan fingerprint density at radius 1 is 1.21 bits per heavy atom. The maximum Gasteiger partial charge on any atom is 0.340 e. The van der Waals surface area contributed by atoms with E-state index in [4.69, 9.17) is 21.1 Å². The minimum Gasteiger partial charge on any atom is -0.497 e. The van der Waals surface area contributed by atoms with E-state index in [2.05, 4.69) is 0 Å². The highest BCUT2D eigenvalue weighted by atomic mass is 35.5. The van der Waals surface area contributed by atoms with E-state index in [1.54, 1.807) is 12.0 Å². The van der Waals surface area contributed by atoms with Crippen LogP contribution in [0.4, 0.5) is 5.69 Å². The van der Waals surface area contributed by atoms with Gasteiger partial charge in [-0.05, 0) is 36.6 Å². The fraction of sp³-hybridized carbons (Fsp3) is 0.300. The molecule has 1 aliphatic rings. The van der Waals surface area contributed by atoms with E-state index in [-0.39, 0.29) is 28.2 Å². The Hall–Kier alpha value is -3.13. The molecule has 0 atom stereocenters. The molecule has 2 aromatic carbocycles. The predicted molar refractivity (Wildman–Crippen MR) is 105 cm³/mol. The lowest BCUT2D eigenvalue weighted by molar-refractivity contribution is -0.384. The van der Waals surface area contributed by atoms with Crippen LogP contribution >= 0.6 is 11.6 Å². The summed E-state index contributed by atoms with van der Waals surface area (Å²) in [6.07, 6.45) is 1.79. The quantitative estimate of drug-likeness (QED) is 0.369. The van der Waals surface area contributed by atoms with Crippen LogP contribution in [0.2, 0.25) is 5.02 Å². The number of rotatable bonds is 8. The van der Waals surface area contributed by atoms with E-state index in [1.165, 1.54) is 12.1 Å². The third kappa shape index (κ3) is 5.23. The lowest BCUT2D eigenvalue weighted by Gasteiger charge is -2.22. The lowest BCUT2D eigenvalue weighted by atomic mass is 10.2. The highest BCUT2D eigenvalue weighted by Crippen LogP contribution is 2.29. The van der Waals surface area contributed by atoms with Gasteiger partial charge in [-0.2, -0.15) is 0 Å². The van der Waals surface area contributed by atoms with Gasteiger partial charge in [0, 0.05) is 24.7 Å². The summed E-state index contributed by atoms with van der Waals surface area (Å²) in [5.74, 6) is -0.494. The summed E-state index contributed by atoms with van der Waals surface area (Å²) in [7, 11) is 1.58. The second-order valence-corrected chi connectivity index (χ2v) is 7.01. The summed E-state index contributed by atoms with van der Waals surface area (Å²) < 4.78 is 10.2. The first-order valence-corrected chi connectivity index (χ1v) is 9.30. The van der Waals surface area contributed by atoms with Crippen LogP contribution in [0.3, 0.4) is 0 Å². The van der Waals surface area contributed by atoms with Gasteiger partial charge >= 0.3 is 5.97 Å². The number of non-ortho nitro benzene ring substituents is 1. The molecule has 1 aliphatic carbocycles. The van der Waals surface area contributed by atoms with Crippen molar-refractivity contribution in [2.45, 2.75) is 25.4 Å². The normalized spacial score (nSPS) is 12.9. The number of nitrogens with zero attached hydrogens (tertiary/aromatic N) is 2. The largest absolute Gasteiger partial charge is 0.497 e. The van der Waals surface area contributed by atoms with Crippen molar-refractivity contribution in [1.29, 1.82) is 0 Å². The fourth-order valence-electron chi connectivity index (χ4n) is 2.81. The van der Waals surface area contributed by atoms with Gasteiger partial charge in [0.05, 0.1) is 22.6 Å². The van der Waals surface area contributed by atoms with Gasteiger partial charge in [0.1, 0.15) is 5.75 Å². The van der Waals surface area contributed by atoms with Gasteiger partial charge in [-0.25, -0.2) is 4.79 Å². The molecule has 0 radical (unpaired) electrons. The zero-order chi connectivity index (χ0) is 21.0. The second kappa shape index (κ2) is 8.91. The molecule has 0 unspecified atom stereocenters. The van der Waals surface area contributed by atoms with E-state index < -0.39 is 17.5 Å². The number of benzene rings is 2. The van der Waals surface area contributed by atoms with Crippen molar-refractivity contribution in [2.24, 2.45) is 0 Å². The van der Waals surface area contributed by atoms with Crippen LogP contribution in [-0.4, -0.2) is 41.5 Å². The number of amides is 1. The zero-order valence-corrected chi connectivity index (χ0v) is 16.4. The van der Waals surface area contributed by atoms with Crippen molar-refractivity contribution in [3.8, 4) is 5.75 Å². The van der Waals surface area contributed by atoms with Crippen molar-refractivity contribution in [2.75, 3.05) is 13.7 Å². The molecule has 1 fully saturated rings. The fourth-order valence-corrected chi connectivity index (χ4v) is 3.00. The van der Waals surface area contributed by atoms with Gasteiger partial charge < -0.3 is 14.4 Å². The van der Waals surface area contributed by atoms with Crippen LogP contribution in [-0.2, 0) is 16.1 Å². The first kappa shape index (κ1) is 20.6. The number of halogens is 1. The number of methoxy groups -OCH3 is 1. The first-order valence-electron chi connectivity index (χ1n) is 8.92. The average molecular weight is 419 g/mol. The second-order valence-electron chi connectivity index (χ2n) is 6.60. The Kier molecular flexibility index (Phi) is 6.33. The smallest absolute Gasteiger partial charge is 0.340 e. The van der Waals surface area contributed by atoms with E-state index in [1.807, 2.05) is 24.3 Å². The molecular weight excluding hydrogens is 400 g/mol. The number of nitro benzene ring substituents is 1. The lowest BCUT2D eigenvalue weighted by Crippen LogP contribution is -2.36. The molecule has 8 nitrogen and oxygen atoms in total. The maximum absolute atomic E-state index is 12.6. The number of carbonyl (C=O) groups excluding carboxylic acids is 2. The number of hydrogen-bond donors (Lipinski definition) is 0. The molecule has 9 heteroatoms. The van der Waals surface area contributed by atoms with Crippen molar-refractivity contribution in [3.63, 3.8) is 0 Å². The van der Waals surface area contributed by atoms with Gasteiger partial charge in [-0.3, -0.25) is 14.9 Å². The van der Waals surface area contributed by atoms with Crippen LogP contribution in [0.1, 0.15) is 28.8 Å². The standard InChI is InChI=1S/C20H19ClN2O6/c1-28-16-7-2-13(3-8-16)11-22(14-4-5-14)19(24)12-29-20(25)17-10-15(23(26)27)6-9-18(17)21/h2-3,6-10,14H,4-5,11-12H2,1H3. The van der Waals surface area contributed by atoms with E-state index >= 15 is 0 Å². The molecule has 2 aromatic rings. The monoisotopic (exact) mass is 418 g/mol. The van der Waals surface area contributed by atoms with Crippen LogP contribution in [0, 0.1) is 10.1 Å². The summed E-state index contributed by atoms with van der Waals surface area (Å²) in [6, 6.07) is 11.0. The van der Waals surface area contributed by atoms with Crippen molar-refractivity contribution in [3.05, 3.63) is 68.7 Å². The summed E-state index contributed by atoms with van der Waals surface area (Å²) >= 11 is 5.94. The first-order chi connectivity index (χ1) is 13.9. The molecule has 1 amide bonds. The summed E-state index contributed by atoms with van der Waals surface area (Å²) in [5.41, 5.74) is 0.493. The Bertz CT molecular complexity index is 927. The Morgan fingerprint density at radius 3 is 2.48 bits per heavy atom. The van der Waals surface area contributed by atoms with Gasteiger partial charge in [-0.15, -0.1) is 0 Å². The third-order valence-electron chi connectivity index (χ3n) is 4.53. The van der Waals surface area contributed by atoms with Gasteiger partial charge in [0.15, 0.2) is 6.61 Å². The number of carbonyl (C=O) groups is 2. The van der Waals surface area contributed by atoms with Crippen molar-refractivity contribution < 1.29 is 24.0 Å².